The number of benzene rings is 2. The lowest BCUT2D eigenvalue weighted by Gasteiger charge is -2.09. The van der Waals surface area contributed by atoms with Crippen molar-refractivity contribution < 1.29 is 14.4 Å². The smallest absolute Gasteiger partial charge is 0.274 e. The van der Waals surface area contributed by atoms with Crippen molar-refractivity contribution in [2.45, 2.75) is 0 Å². The van der Waals surface area contributed by atoms with Gasteiger partial charge in [-0.05, 0) is 74.8 Å². The number of amides is 3. The summed E-state index contributed by atoms with van der Waals surface area (Å²) >= 11 is 0. The molecule has 38 heavy (non-hydrogen) atoms. The minimum Gasteiger partial charge on any atom is -0.322 e. The second-order valence-corrected chi connectivity index (χ2v) is 8.60. The molecule has 0 bridgehead atoms. The van der Waals surface area contributed by atoms with Crippen LogP contribution in [-0.2, 0) is 4.79 Å². The van der Waals surface area contributed by atoms with Crippen LogP contribution < -0.4 is 16.0 Å². The minimum atomic E-state index is -0.362. The van der Waals surface area contributed by atoms with Crippen molar-refractivity contribution in [3.05, 3.63) is 102 Å². The first-order chi connectivity index (χ1) is 18.4. The lowest BCUT2D eigenvalue weighted by molar-refractivity contribution is -0.111. The van der Waals surface area contributed by atoms with Crippen LogP contribution >= 0.6 is 0 Å². The van der Waals surface area contributed by atoms with Gasteiger partial charge in [-0.3, -0.25) is 19.5 Å². The summed E-state index contributed by atoms with van der Waals surface area (Å²) in [7, 11) is 3.82. The standard InChI is InChI=1S/C28H27N7O3/c1-35(2)17-5-10-26(36)30-22-7-3-6-19(18-22)27(37)31-20-11-13-21(14-12-20)32-28(38)25-9-4-8-23(33-25)24-15-16-29-34-24/h3-16,18H,17H2,1-2H3,(H,29,34)(H,30,36)(H,31,37)(H,32,38)/b10-5+. The number of hydrogen-bond donors (Lipinski definition) is 4. The largest absolute Gasteiger partial charge is 0.322 e. The number of nitrogens with one attached hydrogen (secondary N) is 4. The lowest BCUT2D eigenvalue weighted by atomic mass is 10.1. The van der Waals surface area contributed by atoms with Gasteiger partial charge >= 0.3 is 0 Å². The Morgan fingerprint density at radius 1 is 0.842 bits per heavy atom. The predicted octanol–water partition coefficient (Wildman–Crippen LogP) is 4.03. The number of pyridine rings is 1. The molecule has 0 radical (unpaired) electrons. The van der Waals surface area contributed by atoms with E-state index in [-0.39, 0.29) is 23.4 Å². The molecule has 2 heterocycles. The van der Waals surface area contributed by atoms with Crippen molar-refractivity contribution in [3.63, 3.8) is 0 Å². The van der Waals surface area contributed by atoms with Crippen molar-refractivity contribution in [2.24, 2.45) is 0 Å². The summed E-state index contributed by atoms with van der Waals surface area (Å²) in [5.74, 6) is -0.968. The van der Waals surface area contributed by atoms with Gasteiger partial charge in [0.05, 0.1) is 11.4 Å². The van der Waals surface area contributed by atoms with Gasteiger partial charge in [0, 0.05) is 41.4 Å². The summed E-state index contributed by atoms with van der Waals surface area (Å²) in [5.41, 5.74) is 3.58. The zero-order valence-corrected chi connectivity index (χ0v) is 20.9. The van der Waals surface area contributed by atoms with E-state index in [1.165, 1.54) is 6.08 Å². The lowest BCUT2D eigenvalue weighted by Crippen LogP contribution is -2.15. The highest BCUT2D eigenvalue weighted by Crippen LogP contribution is 2.18. The third kappa shape index (κ3) is 7.21. The molecule has 4 rings (SSSR count). The van der Waals surface area contributed by atoms with E-state index in [0.717, 1.165) is 0 Å². The van der Waals surface area contributed by atoms with Crippen molar-refractivity contribution in [1.82, 2.24) is 20.1 Å². The first kappa shape index (κ1) is 26.0. The van der Waals surface area contributed by atoms with Gasteiger partial charge in [0.15, 0.2) is 0 Å². The molecular formula is C28H27N7O3. The van der Waals surface area contributed by atoms with Crippen LogP contribution in [0, 0.1) is 0 Å². The Kier molecular flexibility index (Phi) is 8.37. The van der Waals surface area contributed by atoms with Crippen molar-refractivity contribution >= 4 is 34.8 Å². The topological polar surface area (TPSA) is 132 Å². The van der Waals surface area contributed by atoms with E-state index in [4.69, 9.17) is 0 Å². The Labute approximate surface area is 219 Å². The summed E-state index contributed by atoms with van der Waals surface area (Å²) in [6.07, 6.45) is 4.83. The van der Waals surface area contributed by atoms with Crippen LogP contribution in [0.3, 0.4) is 0 Å². The van der Waals surface area contributed by atoms with E-state index in [9.17, 15) is 14.4 Å². The van der Waals surface area contributed by atoms with Gasteiger partial charge in [0.1, 0.15) is 5.69 Å². The summed E-state index contributed by atoms with van der Waals surface area (Å²) in [4.78, 5) is 43.8. The number of aromatic nitrogens is 3. The summed E-state index contributed by atoms with van der Waals surface area (Å²) in [5, 5.41) is 15.1. The molecule has 2 aromatic carbocycles. The molecule has 0 aliphatic rings. The van der Waals surface area contributed by atoms with Crippen LogP contribution in [0.25, 0.3) is 11.4 Å². The number of nitrogens with zero attached hydrogens (tertiary/aromatic N) is 3. The van der Waals surface area contributed by atoms with Gasteiger partial charge in [-0.25, -0.2) is 4.98 Å². The molecule has 2 aromatic heterocycles. The maximum atomic E-state index is 12.7. The summed E-state index contributed by atoms with van der Waals surface area (Å²) in [6, 6.07) is 20.3. The molecule has 0 unspecified atom stereocenters. The van der Waals surface area contributed by atoms with Gasteiger partial charge in [0.2, 0.25) is 5.91 Å². The average Bonchev–Trinajstić information content (AvgIpc) is 3.45. The molecule has 10 nitrogen and oxygen atoms in total. The Morgan fingerprint density at radius 2 is 1.55 bits per heavy atom. The summed E-state index contributed by atoms with van der Waals surface area (Å²) in [6.45, 7) is 0.647. The monoisotopic (exact) mass is 509 g/mol. The van der Waals surface area contributed by atoms with Gasteiger partial charge in [-0.1, -0.05) is 18.2 Å². The number of rotatable bonds is 9. The maximum Gasteiger partial charge on any atom is 0.274 e. The van der Waals surface area contributed by atoms with Crippen molar-refractivity contribution in [3.8, 4) is 11.4 Å². The molecule has 0 aliphatic heterocycles. The van der Waals surface area contributed by atoms with E-state index in [1.54, 1.807) is 85.1 Å². The van der Waals surface area contributed by atoms with Gasteiger partial charge in [0.25, 0.3) is 11.8 Å². The molecule has 3 amide bonds. The second-order valence-electron chi connectivity index (χ2n) is 8.60. The Balaban J connectivity index is 1.34. The highest BCUT2D eigenvalue weighted by molar-refractivity contribution is 6.06. The number of aromatic amines is 1. The molecule has 4 N–H and O–H groups in total. The molecule has 10 heteroatoms. The molecule has 0 aliphatic carbocycles. The molecule has 0 saturated heterocycles. The highest BCUT2D eigenvalue weighted by atomic mass is 16.2. The third-order valence-corrected chi connectivity index (χ3v) is 5.29. The van der Waals surface area contributed by atoms with E-state index in [1.807, 2.05) is 19.0 Å². The maximum absolute atomic E-state index is 12.7. The van der Waals surface area contributed by atoms with Crippen LogP contribution in [0.2, 0.25) is 0 Å². The molecule has 0 spiro atoms. The zero-order chi connectivity index (χ0) is 26.9. The Bertz CT molecular complexity index is 1450. The molecule has 192 valence electrons. The number of carbonyl (C=O) groups is 3. The average molecular weight is 510 g/mol. The molecule has 0 fully saturated rings. The number of carbonyl (C=O) groups excluding carboxylic acids is 3. The molecule has 0 atom stereocenters. The number of anilines is 3. The number of likely N-dealkylation sites (N-methyl/N-ethyl adjacent to an activating group) is 1. The van der Waals surface area contributed by atoms with E-state index in [0.29, 0.717) is 40.6 Å². The molecule has 0 saturated carbocycles. The number of hydrogen-bond acceptors (Lipinski definition) is 6. The first-order valence-electron chi connectivity index (χ1n) is 11.8. The molecular weight excluding hydrogens is 482 g/mol. The van der Waals surface area contributed by atoms with Crippen molar-refractivity contribution in [2.75, 3.05) is 36.6 Å². The van der Waals surface area contributed by atoms with E-state index in [2.05, 4.69) is 31.1 Å². The Hall–Kier alpha value is -5.09. The van der Waals surface area contributed by atoms with Gasteiger partial charge in [-0.15, -0.1) is 0 Å². The van der Waals surface area contributed by atoms with Crippen LogP contribution in [0.1, 0.15) is 20.8 Å². The predicted molar refractivity (Wildman–Crippen MR) is 147 cm³/mol. The van der Waals surface area contributed by atoms with E-state index < -0.39 is 0 Å². The highest BCUT2D eigenvalue weighted by Gasteiger charge is 2.11. The van der Waals surface area contributed by atoms with Crippen LogP contribution in [0.15, 0.2) is 91.1 Å². The SMILES string of the molecule is CN(C)C/C=C/C(=O)Nc1cccc(C(=O)Nc2ccc(NC(=O)c3cccc(-c4ccn[nH]4)n3)cc2)c1. The quantitative estimate of drug-likeness (QED) is 0.252. The second kappa shape index (κ2) is 12.2. The van der Waals surface area contributed by atoms with Crippen molar-refractivity contribution in [1.29, 1.82) is 0 Å². The first-order valence-corrected chi connectivity index (χ1v) is 11.8. The van der Waals surface area contributed by atoms with E-state index >= 15 is 0 Å². The molecule has 4 aromatic rings. The van der Waals surface area contributed by atoms with Gasteiger partial charge < -0.3 is 20.9 Å². The normalized spacial score (nSPS) is 10.9. The van der Waals surface area contributed by atoms with Crippen LogP contribution in [-0.4, -0.2) is 58.4 Å². The summed E-state index contributed by atoms with van der Waals surface area (Å²) < 4.78 is 0. The number of H-pyrrole nitrogens is 1. The minimum absolute atomic E-state index is 0.259. The fourth-order valence-electron chi connectivity index (χ4n) is 3.44. The fraction of sp³-hybridized carbons (Fsp3) is 0.107. The zero-order valence-electron chi connectivity index (χ0n) is 20.9. The Morgan fingerprint density at radius 3 is 2.24 bits per heavy atom. The fourth-order valence-corrected chi connectivity index (χ4v) is 3.44. The van der Waals surface area contributed by atoms with Crippen LogP contribution in [0.4, 0.5) is 17.1 Å². The van der Waals surface area contributed by atoms with Crippen LogP contribution in [0.5, 0.6) is 0 Å². The third-order valence-electron chi connectivity index (χ3n) is 5.29. The van der Waals surface area contributed by atoms with Gasteiger partial charge in [-0.2, -0.15) is 5.10 Å².